The van der Waals surface area contributed by atoms with E-state index in [0.29, 0.717) is 23.5 Å². The van der Waals surface area contributed by atoms with Gasteiger partial charge in [-0.15, -0.1) is 0 Å². The van der Waals surface area contributed by atoms with Crippen molar-refractivity contribution in [3.8, 4) is 5.75 Å². The number of hydrogen-bond donors (Lipinski definition) is 1. The minimum Gasteiger partial charge on any atom is -0.426 e. The van der Waals surface area contributed by atoms with Crippen LogP contribution in [0.5, 0.6) is 5.75 Å². The molecule has 0 aromatic heterocycles. The molecule has 7 nitrogen and oxygen atoms in total. The second kappa shape index (κ2) is 8.26. The van der Waals surface area contributed by atoms with Gasteiger partial charge in [-0.1, -0.05) is 26.8 Å². The first-order chi connectivity index (χ1) is 13.8. The van der Waals surface area contributed by atoms with Crippen LogP contribution in [0, 0.1) is 5.92 Å². The standard InChI is InChI=1S/C22H22N2O5/c1-4-19(25)29-16-7-5-6-15(11-16)23-20(26)14-8-9-17-18(10-14)22(28)24(21(17)27)12-13(2)3/h5-11,13H,4,12H2,1-3H3,(H,23,26). The highest BCUT2D eigenvalue weighted by atomic mass is 16.5. The van der Waals surface area contributed by atoms with Crippen LogP contribution in [0.4, 0.5) is 5.69 Å². The number of carbonyl (C=O) groups is 4. The van der Waals surface area contributed by atoms with Crippen molar-refractivity contribution in [2.75, 3.05) is 11.9 Å². The van der Waals surface area contributed by atoms with Crippen LogP contribution in [0.1, 0.15) is 58.3 Å². The highest BCUT2D eigenvalue weighted by molar-refractivity contribution is 6.22. The number of anilines is 1. The molecule has 0 fully saturated rings. The molecule has 29 heavy (non-hydrogen) atoms. The van der Waals surface area contributed by atoms with Gasteiger partial charge >= 0.3 is 5.97 Å². The fourth-order valence-electron chi connectivity index (χ4n) is 3.01. The molecule has 2 aromatic rings. The zero-order valence-electron chi connectivity index (χ0n) is 16.5. The lowest BCUT2D eigenvalue weighted by atomic mass is 10.1. The summed E-state index contributed by atoms with van der Waals surface area (Å²) in [6.45, 7) is 5.87. The predicted molar refractivity (Wildman–Crippen MR) is 107 cm³/mol. The van der Waals surface area contributed by atoms with Gasteiger partial charge in [0.1, 0.15) is 5.75 Å². The maximum atomic E-state index is 12.6. The maximum absolute atomic E-state index is 12.6. The van der Waals surface area contributed by atoms with E-state index in [2.05, 4.69) is 5.32 Å². The van der Waals surface area contributed by atoms with Crippen LogP contribution in [0.25, 0.3) is 0 Å². The third kappa shape index (κ3) is 4.34. The molecule has 1 aliphatic heterocycles. The summed E-state index contributed by atoms with van der Waals surface area (Å²) in [4.78, 5) is 50.3. The van der Waals surface area contributed by atoms with Crippen molar-refractivity contribution in [1.29, 1.82) is 0 Å². The lowest BCUT2D eigenvalue weighted by molar-refractivity contribution is -0.134. The smallest absolute Gasteiger partial charge is 0.310 e. The third-order valence-corrected chi connectivity index (χ3v) is 4.39. The summed E-state index contributed by atoms with van der Waals surface area (Å²) in [5.41, 5.74) is 1.24. The number of fused-ring (bicyclic) bond motifs is 1. The van der Waals surface area contributed by atoms with E-state index < -0.39 is 5.91 Å². The fourth-order valence-corrected chi connectivity index (χ4v) is 3.01. The molecule has 0 unspecified atom stereocenters. The van der Waals surface area contributed by atoms with Crippen LogP contribution in [-0.4, -0.2) is 35.1 Å². The van der Waals surface area contributed by atoms with Gasteiger partial charge in [0.15, 0.2) is 0 Å². The van der Waals surface area contributed by atoms with Gasteiger partial charge in [-0.05, 0) is 36.2 Å². The van der Waals surface area contributed by atoms with E-state index in [1.54, 1.807) is 25.1 Å². The van der Waals surface area contributed by atoms with Gasteiger partial charge in [0, 0.05) is 30.3 Å². The van der Waals surface area contributed by atoms with E-state index in [1.165, 1.54) is 29.2 Å². The lowest BCUT2D eigenvalue weighted by Crippen LogP contribution is -2.33. The van der Waals surface area contributed by atoms with E-state index >= 15 is 0 Å². The Kier molecular flexibility index (Phi) is 5.77. The van der Waals surface area contributed by atoms with Crippen LogP contribution in [0.15, 0.2) is 42.5 Å². The Bertz CT molecular complexity index is 996. The summed E-state index contributed by atoms with van der Waals surface area (Å²) in [6.07, 6.45) is 0.242. The average molecular weight is 394 g/mol. The number of carbonyl (C=O) groups excluding carboxylic acids is 4. The highest BCUT2D eigenvalue weighted by Crippen LogP contribution is 2.25. The number of amides is 3. The Labute approximate surface area is 168 Å². The number of nitrogens with zero attached hydrogens (tertiary/aromatic N) is 1. The highest BCUT2D eigenvalue weighted by Gasteiger charge is 2.36. The quantitative estimate of drug-likeness (QED) is 0.460. The minimum absolute atomic E-state index is 0.147. The fraction of sp³-hybridized carbons (Fsp3) is 0.273. The van der Waals surface area contributed by atoms with E-state index in [0.717, 1.165) is 0 Å². The zero-order valence-corrected chi connectivity index (χ0v) is 16.5. The Morgan fingerprint density at radius 3 is 2.45 bits per heavy atom. The van der Waals surface area contributed by atoms with Gasteiger partial charge in [-0.25, -0.2) is 0 Å². The Hall–Kier alpha value is -3.48. The summed E-state index contributed by atoms with van der Waals surface area (Å²) in [5, 5.41) is 2.71. The molecule has 0 aliphatic carbocycles. The lowest BCUT2D eigenvalue weighted by Gasteiger charge is -2.15. The molecule has 3 rings (SSSR count). The first kappa shape index (κ1) is 20.3. The Morgan fingerprint density at radius 2 is 1.76 bits per heavy atom. The summed E-state index contributed by atoms with van der Waals surface area (Å²) < 4.78 is 5.14. The minimum atomic E-state index is -0.436. The summed E-state index contributed by atoms with van der Waals surface area (Å²) in [5.74, 6) is -1.06. The van der Waals surface area contributed by atoms with Gasteiger partial charge < -0.3 is 10.1 Å². The first-order valence-electron chi connectivity index (χ1n) is 9.42. The molecule has 1 aliphatic rings. The monoisotopic (exact) mass is 394 g/mol. The second-order valence-electron chi connectivity index (χ2n) is 7.18. The molecule has 0 atom stereocenters. The topological polar surface area (TPSA) is 92.8 Å². The number of nitrogens with one attached hydrogen (secondary N) is 1. The third-order valence-electron chi connectivity index (χ3n) is 4.39. The molecule has 1 heterocycles. The number of hydrogen-bond acceptors (Lipinski definition) is 5. The van der Waals surface area contributed by atoms with Crippen molar-refractivity contribution in [1.82, 2.24) is 4.90 Å². The number of esters is 1. The predicted octanol–water partition coefficient (Wildman–Crippen LogP) is 3.51. The molecular weight excluding hydrogens is 372 g/mol. The summed E-state index contributed by atoms with van der Waals surface area (Å²) in [7, 11) is 0. The maximum Gasteiger partial charge on any atom is 0.310 e. The molecule has 150 valence electrons. The SMILES string of the molecule is CCC(=O)Oc1cccc(NC(=O)c2ccc3c(c2)C(=O)N(CC(C)C)C3=O)c1. The van der Waals surface area contributed by atoms with Gasteiger partial charge in [-0.3, -0.25) is 24.1 Å². The first-order valence-corrected chi connectivity index (χ1v) is 9.42. The number of ether oxygens (including phenoxy) is 1. The van der Waals surface area contributed by atoms with Crippen LogP contribution in [0.2, 0.25) is 0 Å². The molecule has 1 N–H and O–H groups in total. The van der Waals surface area contributed by atoms with Crippen LogP contribution >= 0.6 is 0 Å². The number of imide groups is 1. The summed E-state index contributed by atoms with van der Waals surface area (Å²) in [6, 6.07) is 10.9. The molecule has 0 spiro atoms. The Balaban J connectivity index is 1.78. The molecule has 3 amide bonds. The normalized spacial score (nSPS) is 12.9. The molecule has 0 bridgehead atoms. The summed E-state index contributed by atoms with van der Waals surface area (Å²) >= 11 is 0. The van der Waals surface area contributed by atoms with Gasteiger partial charge in [0.25, 0.3) is 17.7 Å². The Morgan fingerprint density at radius 1 is 1.03 bits per heavy atom. The molecular formula is C22H22N2O5. The molecule has 7 heteroatoms. The largest absolute Gasteiger partial charge is 0.426 e. The van der Waals surface area contributed by atoms with Crippen molar-refractivity contribution in [3.63, 3.8) is 0 Å². The van der Waals surface area contributed by atoms with Crippen molar-refractivity contribution in [3.05, 3.63) is 59.2 Å². The average Bonchev–Trinajstić information content (AvgIpc) is 2.92. The van der Waals surface area contributed by atoms with E-state index in [4.69, 9.17) is 4.74 Å². The molecule has 0 saturated heterocycles. The van der Waals surface area contributed by atoms with Gasteiger partial charge in [0.05, 0.1) is 11.1 Å². The number of rotatable bonds is 6. The van der Waals surface area contributed by atoms with Crippen molar-refractivity contribution < 1.29 is 23.9 Å². The van der Waals surface area contributed by atoms with Gasteiger partial charge in [0.2, 0.25) is 0 Å². The van der Waals surface area contributed by atoms with Crippen LogP contribution in [-0.2, 0) is 4.79 Å². The van der Waals surface area contributed by atoms with Gasteiger partial charge in [-0.2, -0.15) is 0 Å². The van der Waals surface area contributed by atoms with E-state index in [9.17, 15) is 19.2 Å². The van der Waals surface area contributed by atoms with E-state index in [-0.39, 0.29) is 41.2 Å². The number of benzene rings is 2. The molecule has 0 saturated carbocycles. The molecule has 2 aromatic carbocycles. The molecule has 0 radical (unpaired) electrons. The van der Waals surface area contributed by atoms with Crippen molar-refractivity contribution in [2.24, 2.45) is 5.92 Å². The van der Waals surface area contributed by atoms with Crippen LogP contribution in [0.3, 0.4) is 0 Å². The van der Waals surface area contributed by atoms with Crippen LogP contribution < -0.4 is 10.1 Å². The van der Waals surface area contributed by atoms with Crippen molar-refractivity contribution in [2.45, 2.75) is 27.2 Å². The van der Waals surface area contributed by atoms with E-state index in [1.807, 2.05) is 13.8 Å². The van der Waals surface area contributed by atoms with Crippen molar-refractivity contribution >= 4 is 29.4 Å². The second-order valence-corrected chi connectivity index (χ2v) is 7.18. The zero-order chi connectivity index (χ0) is 21.1.